The number of likely N-dealkylation sites (tertiary alicyclic amines) is 1. The molecule has 5 atom stereocenters. The van der Waals surface area contributed by atoms with Gasteiger partial charge in [0, 0.05) is 48.5 Å². The Morgan fingerprint density at radius 1 is 1.29 bits per heavy atom. The van der Waals surface area contributed by atoms with E-state index in [2.05, 4.69) is 53.5 Å². The van der Waals surface area contributed by atoms with E-state index >= 15 is 0 Å². The van der Waals surface area contributed by atoms with Gasteiger partial charge < -0.3 is 20.5 Å². The summed E-state index contributed by atoms with van der Waals surface area (Å²) < 4.78 is 0. The zero-order chi connectivity index (χ0) is 21.7. The molecule has 5 rings (SSSR count). The van der Waals surface area contributed by atoms with Gasteiger partial charge in [-0.1, -0.05) is 26.0 Å². The molecular weight excluding hydrogens is 407 g/mol. The molecule has 0 bridgehead atoms. The first-order valence-corrected chi connectivity index (χ1v) is 11.5. The van der Waals surface area contributed by atoms with Crippen molar-refractivity contribution in [2.24, 2.45) is 11.7 Å². The molecule has 2 aliphatic rings. The topological polar surface area (TPSA) is 91.1 Å². The van der Waals surface area contributed by atoms with E-state index in [-0.39, 0.29) is 29.8 Å². The van der Waals surface area contributed by atoms with Crippen LogP contribution in [-0.4, -0.2) is 57.0 Å². The van der Waals surface area contributed by atoms with Crippen LogP contribution in [0, 0.1) is 5.92 Å². The van der Waals surface area contributed by atoms with E-state index in [9.17, 15) is 4.79 Å². The maximum Gasteiger partial charge on any atom is 0.240 e. The second-order valence-corrected chi connectivity index (χ2v) is 9.67. The summed E-state index contributed by atoms with van der Waals surface area (Å²) in [5.41, 5.74) is 8.66. The number of nitrogens with zero attached hydrogens (tertiary/aromatic N) is 4. The number of hydrogen-bond donors (Lipinski definition) is 2. The lowest BCUT2D eigenvalue weighted by atomic mass is 9.90. The van der Waals surface area contributed by atoms with Gasteiger partial charge in [-0.3, -0.25) is 4.79 Å². The van der Waals surface area contributed by atoms with Gasteiger partial charge in [0.05, 0.1) is 18.1 Å². The van der Waals surface area contributed by atoms with Crippen molar-refractivity contribution in [1.29, 1.82) is 0 Å². The number of aromatic nitrogens is 3. The Morgan fingerprint density at radius 3 is 2.81 bits per heavy atom. The van der Waals surface area contributed by atoms with E-state index in [0.29, 0.717) is 6.54 Å². The number of nitrogens with two attached hydrogens (primary N) is 1. The summed E-state index contributed by atoms with van der Waals surface area (Å²) in [6.07, 6.45) is 6.57. The minimum Gasteiger partial charge on any atom is -0.361 e. The van der Waals surface area contributed by atoms with E-state index in [1.54, 1.807) is 12.4 Å². The molecular formula is C23H29N6OP. The predicted octanol–water partition coefficient (Wildman–Crippen LogP) is 2.01. The van der Waals surface area contributed by atoms with Crippen molar-refractivity contribution in [3.63, 3.8) is 0 Å². The molecule has 162 valence electrons. The van der Waals surface area contributed by atoms with Gasteiger partial charge in [-0.05, 0) is 35.3 Å². The van der Waals surface area contributed by atoms with Crippen LogP contribution in [0.15, 0.2) is 42.9 Å². The second kappa shape index (κ2) is 7.88. The van der Waals surface area contributed by atoms with Crippen LogP contribution < -0.4 is 15.9 Å². The summed E-state index contributed by atoms with van der Waals surface area (Å²) in [4.78, 5) is 30.1. The predicted molar refractivity (Wildman–Crippen MR) is 126 cm³/mol. The Hall–Kier alpha value is -2.50. The maximum atomic E-state index is 13.3. The Balaban J connectivity index is 1.57. The van der Waals surface area contributed by atoms with Gasteiger partial charge in [-0.15, -0.1) is 9.24 Å². The minimum absolute atomic E-state index is 0.0513. The molecule has 1 aromatic carbocycles. The van der Waals surface area contributed by atoms with E-state index in [4.69, 9.17) is 5.73 Å². The maximum absolute atomic E-state index is 13.3. The Morgan fingerprint density at radius 2 is 2.06 bits per heavy atom. The number of hydrogen-bond acceptors (Lipinski definition) is 5. The largest absolute Gasteiger partial charge is 0.361 e. The van der Waals surface area contributed by atoms with Crippen molar-refractivity contribution < 1.29 is 4.79 Å². The van der Waals surface area contributed by atoms with Gasteiger partial charge in [0.1, 0.15) is 0 Å². The number of anilines is 1. The highest BCUT2D eigenvalue weighted by molar-refractivity contribution is 7.27. The third-order valence-corrected chi connectivity index (χ3v) is 7.22. The molecule has 0 aliphatic carbocycles. The zero-order valence-corrected chi connectivity index (χ0v) is 19.1. The first kappa shape index (κ1) is 20.4. The van der Waals surface area contributed by atoms with Crippen molar-refractivity contribution in [2.45, 2.75) is 44.3 Å². The molecule has 3 aromatic rings. The summed E-state index contributed by atoms with van der Waals surface area (Å²) in [6, 6.07) is 8.00. The van der Waals surface area contributed by atoms with Crippen LogP contribution in [0.2, 0.25) is 0 Å². The summed E-state index contributed by atoms with van der Waals surface area (Å²) in [6.45, 7) is 5.50. The van der Waals surface area contributed by atoms with Crippen LogP contribution in [-0.2, 0) is 4.79 Å². The molecule has 0 saturated carbocycles. The Kier molecular flexibility index (Phi) is 5.19. The number of fused-ring (bicyclic) bond motifs is 2. The molecule has 2 aliphatic heterocycles. The quantitative estimate of drug-likeness (QED) is 0.611. The summed E-state index contributed by atoms with van der Waals surface area (Å²) in [5, 5.41) is 2.35. The van der Waals surface area contributed by atoms with E-state index in [1.807, 2.05) is 24.8 Å². The van der Waals surface area contributed by atoms with Gasteiger partial charge >= 0.3 is 0 Å². The Bertz CT molecular complexity index is 1100. The third-order valence-electron chi connectivity index (χ3n) is 6.86. The number of rotatable bonds is 4. The second-order valence-electron chi connectivity index (χ2n) is 9.00. The van der Waals surface area contributed by atoms with Crippen molar-refractivity contribution in [1.82, 2.24) is 19.9 Å². The number of H-pyrrole nitrogens is 1. The van der Waals surface area contributed by atoms with Crippen LogP contribution in [0.1, 0.15) is 31.7 Å². The van der Waals surface area contributed by atoms with E-state index in [1.165, 1.54) is 10.9 Å². The number of carbonyl (C=O) groups excluding carboxylic acids is 1. The van der Waals surface area contributed by atoms with Crippen LogP contribution in [0.4, 0.5) is 5.95 Å². The van der Waals surface area contributed by atoms with Crippen molar-refractivity contribution >= 4 is 37.3 Å². The highest BCUT2D eigenvalue weighted by atomic mass is 31.0. The summed E-state index contributed by atoms with van der Waals surface area (Å²) >= 11 is 0. The molecule has 2 fully saturated rings. The number of carbonyl (C=O) groups is 1. The molecule has 0 spiro atoms. The first-order valence-electron chi connectivity index (χ1n) is 10.9. The highest BCUT2D eigenvalue weighted by Crippen LogP contribution is 2.44. The third kappa shape index (κ3) is 3.40. The molecule has 3 N–H and O–H groups in total. The first-order chi connectivity index (χ1) is 15.0. The number of nitrogens with one attached hydrogen (secondary N) is 1. The molecule has 4 heterocycles. The lowest BCUT2D eigenvalue weighted by Crippen LogP contribution is -2.50. The molecule has 1 amide bonds. The lowest BCUT2D eigenvalue weighted by Gasteiger charge is -2.31. The lowest BCUT2D eigenvalue weighted by molar-refractivity contribution is -0.134. The Labute approximate surface area is 184 Å². The minimum atomic E-state index is -0.482. The standard InChI is InChI=1S/C23H29N6OP/c1-13(2)20(24)22(30)28-9-6-19-21(28)17(12-29(19)23-25-7-3-8-26-23)16-11-27-18-10-14(31)4-5-15(16)18/h3-5,7-8,10-11,13,17,19-21,27H,6,9,12,24,31H2,1-2H3/t17-,19?,20?,21?/m1/s1. The average molecular weight is 437 g/mol. The van der Waals surface area contributed by atoms with Crippen molar-refractivity contribution in [3.8, 4) is 0 Å². The van der Waals surface area contributed by atoms with E-state index < -0.39 is 6.04 Å². The van der Waals surface area contributed by atoms with Crippen LogP contribution in [0.25, 0.3) is 10.9 Å². The van der Waals surface area contributed by atoms with Crippen LogP contribution >= 0.6 is 9.24 Å². The van der Waals surface area contributed by atoms with Crippen molar-refractivity contribution in [3.05, 3.63) is 48.4 Å². The fourth-order valence-electron chi connectivity index (χ4n) is 5.24. The number of amides is 1. The normalized spacial score (nSPS) is 24.2. The number of benzene rings is 1. The van der Waals surface area contributed by atoms with Gasteiger partial charge in [-0.25, -0.2) is 9.97 Å². The molecule has 2 aromatic heterocycles. The fraction of sp³-hybridized carbons (Fsp3) is 0.435. The zero-order valence-electron chi connectivity index (χ0n) is 17.9. The molecule has 7 nitrogen and oxygen atoms in total. The smallest absolute Gasteiger partial charge is 0.240 e. The van der Waals surface area contributed by atoms with Crippen molar-refractivity contribution in [2.75, 3.05) is 18.0 Å². The molecule has 0 radical (unpaired) electrons. The number of aromatic amines is 1. The summed E-state index contributed by atoms with van der Waals surface area (Å²) in [7, 11) is 2.75. The van der Waals surface area contributed by atoms with E-state index in [0.717, 1.165) is 29.7 Å². The van der Waals surface area contributed by atoms with Gasteiger partial charge in [0.25, 0.3) is 0 Å². The van der Waals surface area contributed by atoms with Gasteiger partial charge in [0.15, 0.2) is 0 Å². The SMILES string of the molecule is CC(C)C(N)C(=O)N1CCC2C1[C@@H](c1c[nH]c3cc(P)ccc13)CN2c1ncccn1. The molecule has 8 heteroatoms. The molecule has 2 saturated heterocycles. The summed E-state index contributed by atoms with van der Waals surface area (Å²) in [5.74, 6) is 1.04. The monoisotopic (exact) mass is 436 g/mol. The van der Waals surface area contributed by atoms with Crippen LogP contribution in [0.3, 0.4) is 0 Å². The van der Waals surface area contributed by atoms with Gasteiger partial charge in [0.2, 0.25) is 11.9 Å². The fourth-order valence-corrected chi connectivity index (χ4v) is 5.50. The molecule has 4 unspecified atom stereocenters. The molecule has 31 heavy (non-hydrogen) atoms. The van der Waals surface area contributed by atoms with Crippen LogP contribution in [0.5, 0.6) is 0 Å². The average Bonchev–Trinajstić information content (AvgIpc) is 3.46. The van der Waals surface area contributed by atoms with Gasteiger partial charge in [-0.2, -0.15) is 0 Å². The highest BCUT2D eigenvalue weighted by Gasteiger charge is 2.52.